The molecule has 2 N–H and O–H groups in total. The fraction of sp³-hybridized carbons (Fsp3) is 0.583. The van der Waals surface area contributed by atoms with Crippen molar-refractivity contribution in [3.05, 3.63) is 23.9 Å². The van der Waals surface area contributed by atoms with E-state index in [0.717, 1.165) is 6.07 Å². The zero-order chi connectivity index (χ0) is 13.8. The summed E-state index contributed by atoms with van der Waals surface area (Å²) in [4.78, 5) is 3.73. The predicted molar refractivity (Wildman–Crippen MR) is 63.3 cm³/mol. The van der Waals surface area contributed by atoms with Crippen LogP contribution in [0, 0.1) is 0 Å². The summed E-state index contributed by atoms with van der Waals surface area (Å²) in [5.74, 6) is -0.234. The Morgan fingerprint density at radius 1 is 1.28 bits per heavy atom. The molecule has 1 aromatic heterocycles. The Kier molecular flexibility index (Phi) is 4.56. The van der Waals surface area contributed by atoms with Gasteiger partial charge in [0, 0.05) is 6.20 Å². The molecule has 0 aromatic carbocycles. The molecule has 0 unspecified atom stereocenters. The fourth-order valence-electron chi connectivity index (χ4n) is 1.67. The SMILES string of the molecule is CCC(CC)(CO)Nc1ncccc1C(F)(F)F. The molecule has 1 aromatic rings. The van der Waals surface area contributed by atoms with E-state index in [1.54, 1.807) is 0 Å². The highest BCUT2D eigenvalue weighted by atomic mass is 19.4. The van der Waals surface area contributed by atoms with Gasteiger partial charge in [-0.2, -0.15) is 13.2 Å². The highest BCUT2D eigenvalue weighted by Crippen LogP contribution is 2.35. The van der Waals surface area contributed by atoms with Crippen LogP contribution in [0.25, 0.3) is 0 Å². The van der Waals surface area contributed by atoms with Crippen molar-refractivity contribution in [2.24, 2.45) is 0 Å². The zero-order valence-electron chi connectivity index (χ0n) is 10.4. The molecule has 0 fully saturated rings. The first-order valence-electron chi connectivity index (χ1n) is 5.80. The number of halogens is 3. The van der Waals surface area contributed by atoms with Gasteiger partial charge in [-0.25, -0.2) is 4.98 Å². The van der Waals surface area contributed by atoms with Crippen molar-refractivity contribution in [3.63, 3.8) is 0 Å². The number of aliphatic hydroxyl groups is 1. The average Bonchev–Trinajstić information content (AvgIpc) is 2.35. The molecule has 0 aliphatic carbocycles. The Hall–Kier alpha value is -1.30. The Morgan fingerprint density at radius 3 is 2.33 bits per heavy atom. The van der Waals surface area contributed by atoms with Gasteiger partial charge in [0.1, 0.15) is 5.82 Å². The highest BCUT2D eigenvalue weighted by molar-refractivity contribution is 5.47. The second kappa shape index (κ2) is 5.56. The van der Waals surface area contributed by atoms with Crippen molar-refractivity contribution in [1.29, 1.82) is 0 Å². The Bertz CT molecular complexity index is 381. The van der Waals surface area contributed by atoms with E-state index in [1.165, 1.54) is 12.3 Å². The second-order valence-electron chi connectivity index (χ2n) is 4.17. The van der Waals surface area contributed by atoms with E-state index in [2.05, 4.69) is 10.3 Å². The van der Waals surface area contributed by atoms with E-state index in [-0.39, 0.29) is 12.4 Å². The summed E-state index contributed by atoms with van der Waals surface area (Å²) in [5, 5.41) is 12.1. The molecule has 0 amide bonds. The molecule has 0 aliphatic heterocycles. The molecule has 3 nitrogen and oxygen atoms in total. The van der Waals surface area contributed by atoms with Crippen molar-refractivity contribution in [2.45, 2.75) is 38.4 Å². The maximum absolute atomic E-state index is 12.8. The van der Waals surface area contributed by atoms with Crippen LogP contribution >= 0.6 is 0 Å². The van der Waals surface area contributed by atoms with E-state index in [0.29, 0.717) is 12.8 Å². The van der Waals surface area contributed by atoms with Gasteiger partial charge in [-0.3, -0.25) is 0 Å². The minimum atomic E-state index is -4.46. The molecule has 0 bridgehead atoms. The molecule has 0 radical (unpaired) electrons. The number of rotatable bonds is 5. The topological polar surface area (TPSA) is 45.1 Å². The molecule has 0 saturated heterocycles. The molecule has 0 aliphatic rings. The van der Waals surface area contributed by atoms with Crippen molar-refractivity contribution in [3.8, 4) is 0 Å². The Morgan fingerprint density at radius 2 is 1.89 bits per heavy atom. The lowest BCUT2D eigenvalue weighted by Crippen LogP contribution is -2.41. The minimum Gasteiger partial charge on any atom is -0.394 e. The molecule has 6 heteroatoms. The van der Waals surface area contributed by atoms with E-state index >= 15 is 0 Å². The predicted octanol–water partition coefficient (Wildman–Crippen LogP) is 3.06. The van der Waals surface area contributed by atoms with Gasteiger partial charge in [-0.15, -0.1) is 0 Å². The van der Waals surface area contributed by atoms with E-state index in [9.17, 15) is 18.3 Å². The Balaban J connectivity index is 3.11. The summed E-state index contributed by atoms with van der Waals surface area (Å²) >= 11 is 0. The molecule has 18 heavy (non-hydrogen) atoms. The van der Waals surface area contributed by atoms with Crippen LogP contribution in [0.5, 0.6) is 0 Å². The molecular weight excluding hydrogens is 245 g/mol. The molecule has 0 atom stereocenters. The largest absolute Gasteiger partial charge is 0.419 e. The number of anilines is 1. The number of pyridine rings is 1. The summed E-state index contributed by atoms with van der Waals surface area (Å²) in [5.41, 5.74) is -1.58. The fourth-order valence-corrected chi connectivity index (χ4v) is 1.67. The van der Waals surface area contributed by atoms with Crippen LogP contribution in [-0.4, -0.2) is 22.2 Å². The molecule has 0 saturated carbocycles. The number of hydrogen-bond donors (Lipinski definition) is 2. The van der Waals surface area contributed by atoms with Crippen molar-refractivity contribution in [1.82, 2.24) is 4.98 Å². The van der Waals surface area contributed by atoms with Crippen LogP contribution in [0.1, 0.15) is 32.3 Å². The molecular formula is C12H17F3N2O. The lowest BCUT2D eigenvalue weighted by molar-refractivity contribution is -0.137. The van der Waals surface area contributed by atoms with Gasteiger partial charge in [-0.05, 0) is 25.0 Å². The van der Waals surface area contributed by atoms with Gasteiger partial charge in [0.25, 0.3) is 0 Å². The lowest BCUT2D eigenvalue weighted by atomic mass is 9.93. The van der Waals surface area contributed by atoms with Crippen LogP contribution in [0.15, 0.2) is 18.3 Å². The maximum atomic E-state index is 12.8. The third-order valence-electron chi connectivity index (χ3n) is 3.15. The van der Waals surface area contributed by atoms with Crippen LogP contribution in [-0.2, 0) is 6.18 Å². The highest BCUT2D eigenvalue weighted by Gasteiger charge is 2.36. The number of alkyl halides is 3. The molecule has 1 heterocycles. The lowest BCUT2D eigenvalue weighted by Gasteiger charge is -2.32. The molecule has 102 valence electrons. The summed E-state index contributed by atoms with van der Waals surface area (Å²) in [6, 6.07) is 2.22. The molecule has 0 spiro atoms. The van der Waals surface area contributed by atoms with E-state index in [1.807, 2.05) is 13.8 Å². The number of nitrogens with one attached hydrogen (secondary N) is 1. The normalized spacial score (nSPS) is 12.6. The number of aromatic nitrogens is 1. The van der Waals surface area contributed by atoms with Crippen LogP contribution < -0.4 is 5.32 Å². The summed E-state index contributed by atoms with van der Waals surface area (Å²) < 4.78 is 38.4. The quantitative estimate of drug-likeness (QED) is 0.857. The summed E-state index contributed by atoms with van der Waals surface area (Å²) in [7, 11) is 0. The third-order valence-corrected chi connectivity index (χ3v) is 3.15. The third kappa shape index (κ3) is 3.13. The smallest absolute Gasteiger partial charge is 0.394 e. The first-order valence-corrected chi connectivity index (χ1v) is 5.80. The van der Waals surface area contributed by atoms with Crippen molar-refractivity contribution >= 4 is 5.82 Å². The van der Waals surface area contributed by atoms with Crippen molar-refractivity contribution in [2.75, 3.05) is 11.9 Å². The maximum Gasteiger partial charge on any atom is 0.419 e. The number of aliphatic hydroxyl groups excluding tert-OH is 1. The van der Waals surface area contributed by atoms with Gasteiger partial charge in [-0.1, -0.05) is 13.8 Å². The monoisotopic (exact) mass is 262 g/mol. The minimum absolute atomic E-state index is 0.234. The summed E-state index contributed by atoms with van der Waals surface area (Å²) in [6.07, 6.45) is -2.15. The van der Waals surface area contributed by atoms with Gasteiger partial charge in [0.05, 0.1) is 17.7 Å². The second-order valence-corrected chi connectivity index (χ2v) is 4.17. The zero-order valence-corrected chi connectivity index (χ0v) is 10.4. The average molecular weight is 262 g/mol. The number of nitrogens with zero attached hydrogens (tertiary/aromatic N) is 1. The van der Waals surface area contributed by atoms with Gasteiger partial charge in [0.15, 0.2) is 0 Å². The van der Waals surface area contributed by atoms with Crippen molar-refractivity contribution < 1.29 is 18.3 Å². The summed E-state index contributed by atoms with van der Waals surface area (Å²) in [6.45, 7) is 3.37. The van der Waals surface area contributed by atoms with Gasteiger partial charge in [0.2, 0.25) is 0 Å². The Labute approximate surface area is 104 Å². The van der Waals surface area contributed by atoms with E-state index in [4.69, 9.17) is 0 Å². The van der Waals surface area contributed by atoms with Crippen LogP contribution in [0.2, 0.25) is 0 Å². The first-order chi connectivity index (χ1) is 8.38. The molecule has 1 rings (SSSR count). The number of hydrogen-bond acceptors (Lipinski definition) is 3. The standard InChI is InChI=1S/C12H17F3N2O/c1-3-11(4-2,8-18)17-10-9(12(13,14)15)6-5-7-16-10/h5-7,18H,3-4,8H2,1-2H3,(H,16,17). The van der Waals surface area contributed by atoms with E-state index < -0.39 is 17.3 Å². The van der Waals surface area contributed by atoms with Crippen LogP contribution in [0.3, 0.4) is 0 Å². The van der Waals surface area contributed by atoms with Crippen LogP contribution in [0.4, 0.5) is 19.0 Å². The van der Waals surface area contributed by atoms with Gasteiger partial charge < -0.3 is 10.4 Å². The van der Waals surface area contributed by atoms with Gasteiger partial charge >= 0.3 is 6.18 Å². The first kappa shape index (κ1) is 14.8.